The Morgan fingerprint density at radius 2 is 1.76 bits per heavy atom. The lowest BCUT2D eigenvalue weighted by atomic mass is 10.1. The fraction of sp³-hybridized carbons (Fsp3) is 0.0870. The van der Waals surface area contributed by atoms with Gasteiger partial charge in [-0.15, -0.1) is 5.10 Å². The van der Waals surface area contributed by atoms with Crippen LogP contribution in [0.15, 0.2) is 77.6 Å². The van der Waals surface area contributed by atoms with Crippen molar-refractivity contribution in [2.24, 2.45) is 0 Å². The Morgan fingerprint density at radius 1 is 0.966 bits per heavy atom. The van der Waals surface area contributed by atoms with E-state index in [0.29, 0.717) is 18.0 Å². The molecule has 3 aromatic carbocycles. The van der Waals surface area contributed by atoms with E-state index < -0.39 is 0 Å². The summed E-state index contributed by atoms with van der Waals surface area (Å²) in [6, 6.07) is 21.6. The molecule has 0 saturated heterocycles. The zero-order valence-electron chi connectivity index (χ0n) is 15.7. The molecule has 142 valence electrons. The minimum Gasteiger partial charge on any atom is -0.287 e. The first-order valence-electron chi connectivity index (χ1n) is 9.30. The Morgan fingerprint density at radius 3 is 2.55 bits per heavy atom. The summed E-state index contributed by atoms with van der Waals surface area (Å²) < 4.78 is 16.3. The SMILES string of the molecule is Cc1cccc(-c2nc3c4ccccc4n(Cc4ccc(F)cc4)c(=O)n3n2)c1. The molecule has 2 heterocycles. The van der Waals surface area contributed by atoms with Crippen LogP contribution in [0.4, 0.5) is 4.39 Å². The van der Waals surface area contributed by atoms with Crippen molar-refractivity contribution in [1.82, 2.24) is 19.2 Å². The van der Waals surface area contributed by atoms with Gasteiger partial charge in [-0.2, -0.15) is 4.52 Å². The predicted octanol–water partition coefficient (Wildman–Crippen LogP) is 4.21. The summed E-state index contributed by atoms with van der Waals surface area (Å²) in [5.41, 5.74) is 3.80. The van der Waals surface area contributed by atoms with E-state index in [1.165, 1.54) is 16.6 Å². The normalized spacial score (nSPS) is 11.4. The lowest BCUT2D eigenvalue weighted by Gasteiger charge is -2.11. The van der Waals surface area contributed by atoms with E-state index >= 15 is 0 Å². The maximum Gasteiger partial charge on any atom is 0.351 e. The Balaban J connectivity index is 1.76. The van der Waals surface area contributed by atoms with E-state index in [1.807, 2.05) is 55.5 Å². The van der Waals surface area contributed by atoms with Crippen molar-refractivity contribution in [3.63, 3.8) is 0 Å². The molecule has 0 N–H and O–H groups in total. The number of rotatable bonds is 3. The van der Waals surface area contributed by atoms with Crippen LogP contribution in [0.2, 0.25) is 0 Å². The van der Waals surface area contributed by atoms with Gasteiger partial charge in [0.1, 0.15) is 5.82 Å². The zero-order chi connectivity index (χ0) is 20.0. The first-order valence-corrected chi connectivity index (χ1v) is 9.30. The number of halogens is 1. The maximum absolute atomic E-state index is 13.3. The minimum absolute atomic E-state index is 0.283. The molecular formula is C23H17FN4O. The molecular weight excluding hydrogens is 367 g/mol. The van der Waals surface area contributed by atoms with Crippen LogP contribution in [-0.4, -0.2) is 19.2 Å². The molecule has 5 nitrogen and oxygen atoms in total. The Bertz CT molecular complexity index is 1420. The van der Waals surface area contributed by atoms with Crippen LogP contribution in [0.1, 0.15) is 11.1 Å². The predicted molar refractivity (Wildman–Crippen MR) is 110 cm³/mol. The van der Waals surface area contributed by atoms with Crippen LogP contribution >= 0.6 is 0 Å². The second kappa shape index (κ2) is 6.67. The van der Waals surface area contributed by atoms with Gasteiger partial charge in [0.15, 0.2) is 11.5 Å². The largest absolute Gasteiger partial charge is 0.351 e. The molecule has 0 amide bonds. The van der Waals surface area contributed by atoms with Gasteiger partial charge in [0.05, 0.1) is 12.1 Å². The van der Waals surface area contributed by atoms with Crippen LogP contribution < -0.4 is 5.69 Å². The van der Waals surface area contributed by atoms with Gasteiger partial charge >= 0.3 is 5.69 Å². The van der Waals surface area contributed by atoms with Crippen molar-refractivity contribution in [2.75, 3.05) is 0 Å². The van der Waals surface area contributed by atoms with Crippen molar-refractivity contribution >= 4 is 16.6 Å². The summed E-state index contributed by atoms with van der Waals surface area (Å²) in [4.78, 5) is 17.9. The van der Waals surface area contributed by atoms with Gasteiger partial charge in [-0.25, -0.2) is 14.2 Å². The summed E-state index contributed by atoms with van der Waals surface area (Å²) in [6.45, 7) is 2.32. The van der Waals surface area contributed by atoms with Crippen molar-refractivity contribution in [2.45, 2.75) is 13.5 Å². The Hall–Kier alpha value is -3.80. The quantitative estimate of drug-likeness (QED) is 0.468. The lowest BCUT2D eigenvalue weighted by Crippen LogP contribution is -2.28. The summed E-state index contributed by atoms with van der Waals surface area (Å²) in [5.74, 6) is 0.205. The number of hydrogen-bond acceptors (Lipinski definition) is 3. The smallest absolute Gasteiger partial charge is 0.287 e. The summed E-state index contributed by atoms with van der Waals surface area (Å²) in [6.07, 6.45) is 0. The van der Waals surface area contributed by atoms with Gasteiger partial charge < -0.3 is 0 Å². The standard InChI is InChI=1S/C23H17FN4O/c1-15-5-4-6-17(13-15)21-25-22-19-7-2-3-8-20(19)27(23(29)28(22)26-21)14-16-9-11-18(24)12-10-16/h2-13H,14H2,1H3. The topological polar surface area (TPSA) is 52.2 Å². The van der Waals surface area contributed by atoms with E-state index in [-0.39, 0.29) is 11.5 Å². The van der Waals surface area contributed by atoms with Gasteiger partial charge in [0, 0.05) is 10.9 Å². The van der Waals surface area contributed by atoms with Crippen LogP contribution in [0.5, 0.6) is 0 Å². The highest BCUT2D eigenvalue weighted by Crippen LogP contribution is 2.22. The van der Waals surface area contributed by atoms with E-state index in [4.69, 9.17) is 0 Å². The molecule has 0 radical (unpaired) electrons. The monoisotopic (exact) mass is 384 g/mol. The fourth-order valence-electron chi connectivity index (χ4n) is 3.57. The number of aryl methyl sites for hydroxylation is 1. The number of benzene rings is 3. The van der Waals surface area contributed by atoms with Crippen molar-refractivity contribution < 1.29 is 4.39 Å². The molecule has 0 unspecified atom stereocenters. The number of nitrogens with zero attached hydrogens (tertiary/aromatic N) is 4. The summed E-state index contributed by atoms with van der Waals surface area (Å²) in [5, 5.41) is 5.34. The van der Waals surface area contributed by atoms with Gasteiger partial charge in [0.25, 0.3) is 0 Å². The molecule has 0 fully saturated rings. The second-order valence-electron chi connectivity index (χ2n) is 7.05. The van der Waals surface area contributed by atoms with Gasteiger partial charge in [-0.05, 0) is 42.8 Å². The molecule has 0 saturated carbocycles. The van der Waals surface area contributed by atoms with Crippen molar-refractivity contribution in [3.05, 3.63) is 100 Å². The van der Waals surface area contributed by atoms with Gasteiger partial charge in [0.2, 0.25) is 0 Å². The molecule has 0 spiro atoms. The third kappa shape index (κ3) is 2.99. The molecule has 0 aliphatic carbocycles. The third-order valence-corrected chi connectivity index (χ3v) is 4.99. The molecule has 2 aromatic heterocycles. The van der Waals surface area contributed by atoms with Crippen LogP contribution in [-0.2, 0) is 6.54 Å². The number of aromatic nitrogens is 4. The van der Waals surface area contributed by atoms with Gasteiger partial charge in [-0.3, -0.25) is 4.57 Å². The Labute approximate surface area is 165 Å². The Kier molecular flexibility index (Phi) is 3.98. The molecule has 0 aliphatic heterocycles. The third-order valence-electron chi connectivity index (χ3n) is 4.99. The number of para-hydroxylation sites is 1. The van der Waals surface area contributed by atoms with E-state index in [2.05, 4.69) is 10.1 Å². The first kappa shape index (κ1) is 17.3. The molecule has 0 aliphatic rings. The number of hydrogen-bond donors (Lipinski definition) is 0. The minimum atomic E-state index is -0.305. The maximum atomic E-state index is 13.3. The van der Waals surface area contributed by atoms with E-state index in [1.54, 1.807) is 16.7 Å². The molecule has 0 atom stereocenters. The highest BCUT2D eigenvalue weighted by atomic mass is 19.1. The van der Waals surface area contributed by atoms with Crippen LogP contribution in [0.25, 0.3) is 27.9 Å². The van der Waals surface area contributed by atoms with Gasteiger partial charge in [-0.1, -0.05) is 48.0 Å². The fourth-order valence-corrected chi connectivity index (χ4v) is 3.57. The van der Waals surface area contributed by atoms with Crippen molar-refractivity contribution in [3.8, 4) is 11.4 Å². The number of fused-ring (bicyclic) bond motifs is 3. The lowest BCUT2D eigenvalue weighted by molar-refractivity contribution is 0.625. The van der Waals surface area contributed by atoms with Crippen LogP contribution in [0.3, 0.4) is 0 Å². The first-order chi connectivity index (χ1) is 14.1. The van der Waals surface area contributed by atoms with Crippen molar-refractivity contribution in [1.29, 1.82) is 0 Å². The average Bonchev–Trinajstić information content (AvgIpc) is 3.19. The van der Waals surface area contributed by atoms with E-state index in [0.717, 1.165) is 27.6 Å². The second-order valence-corrected chi connectivity index (χ2v) is 7.05. The summed E-state index contributed by atoms with van der Waals surface area (Å²) in [7, 11) is 0. The zero-order valence-corrected chi connectivity index (χ0v) is 15.7. The average molecular weight is 384 g/mol. The van der Waals surface area contributed by atoms with Crippen LogP contribution in [0, 0.1) is 12.7 Å². The molecule has 0 bridgehead atoms. The molecule has 5 rings (SSSR count). The van der Waals surface area contributed by atoms with E-state index in [9.17, 15) is 9.18 Å². The molecule has 5 aromatic rings. The molecule has 29 heavy (non-hydrogen) atoms. The highest BCUT2D eigenvalue weighted by Gasteiger charge is 2.16. The summed E-state index contributed by atoms with van der Waals surface area (Å²) >= 11 is 0. The molecule has 6 heteroatoms. The highest BCUT2D eigenvalue weighted by molar-refractivity contribution is 5.92.